The third kappa shape index (κ3) is 4.17. The Morgan fingerprint density at radius 3 is 2.12 bits per heavy atom. The fourth-order valence-corrected chi connectivity index (χ4v) is 5.49. The van der Waals surface area contributed by atoms with Crippen molar-refractivity contribution in [3.63, 3.8) is 0 Å². The Morgan fingerprint density at radius 1 is 0.920 bits per heavy atom. The summed E-state index contributed by atoms with van der Waals surface area (Å²) in [7, 11) is 0. The van der Waals surface area contributed by atoms with Crippen molar-refractivity contribution >= 4 is 17.5 Å². The number of Topliss-reactive ketones (excluding diaryl/α,β-unsaturated/α-hetero) is 1. The molecule has 0 N–H and O–H groups in total. The number of benzene rings is 2. The molecule has 0 heterocycles. The predicted octanol–water partition coefficient (Wildman–Crippen LogP) is 6.41. The first kappa shape index (κ1) is 18.3. The highest BCUT2D eigenvalue weighted by Crippen LogP contribution is 2.49. The number of thioether (sulfide) groups is 1. The first-order valence-electron chi connectivity index (χ1n) is 9.38. The highest BCUT2D eigenvalue weighted by atomic mass is 32.2. The van der Waals surface area contributed by atoms with E-state index in [9.17, 15) is 4.79 Å². The van der Waals surface area contributed by atoms with E-state index in [0.29, 0.717) is 17.6 Å². The summed E-state index contributed by atoms with van der Waals surface area (Å²) in [6.07, 6.45) is 2.20. The van der Waals surface area contributed by atoms with Gasteiger partial charge in [-0.2, -0.15) is 0 Å². The van der Waals surface area contributed by atoms with Crippen molar-refractivity contribution in [2.24, 2.45) is 23.7 Å². The highest BCUT2D eigenvalue weighted by Gasteiger charge is 2.42. The molecular weight excluding hydrogens is 324 g/mol. The molecule has 4 atom stereocenters. The summed E-state index contributed by atoms with van der Waals surface area (Å²) >= 11 is 1.85. The normalized spacial score (nSPS) is 25.1. The van der Waals surface area contributed by atoms with E-state index in [4.69, 9.17) is 0 Å². The van der Waals surface area contributed by atoms with Crippen molar-refractivity contribution in [1.82, 2.24) is 0 Å². The summed E-state index contributed by atoms with van der Waals surface area (Å²) < 4.78 is 0. The van der Waals surface area contributed by atoms with Crippen LogP contribution in [0.15, 0.2) is 65.6 Å². The van der Waals surface area contributed by atoms with Gasteiger partial charge in [-0.3, -0.25) is 4.79 Å². The van der Waals surface area contributed by atoms with E-state index in [1.54, 1.807) is 0 Å². The van der Waals surface area contributed by atoms with Crippen LogP contribution < -0.4 is 0 Å². The van der Waals surface area contributed by atoms with Gasteiger partial charge >= 0.3 is 0 Å². The molecule has 0 spiro atoms. The fourth-order valence-electron chi connectivity index (χ4n) is 4.04. The molecule has 3 rings (SSSR count). The largest absolute Gasteiger partial charge is 0.299 e. The summed E-state index contributed by atoms with van der Waals surface area (Å²) in [5.41, 5.74) is 1.27. The Hall–Kier alpha value is -1.54. The minimum atomic E-state index is 0.0914. The molecule has 0 radical (unpaired) electrons. The number of carbonyl (C=O) groups is 1. The van der Waals surface area contributed by atoms with E-state index in [0.717, 1.165) is 12.8 Å². The Balaban J connectivity index is 1.96. The molecule has 0 saturated heterocycles. The van der Waals surface area contributed by atoms with Gasteiger partial charge in [0.15, 0.2) is 0 Å². The van der Waals surface area contributed by atoms with Gasteiger partial charge in [-0.15, -0.1) is 11.8 Å². The second-order valence-corrected chi connectivity index (χ2v) is 8.81. The molecule has 2 heteroatoms. The number of hydrogen-bond donors (Lipinski definition) is 0. The van der Waals surface area contributed by atoms with Gasteiger partial charge in [-0.1, -0.05) is 69.3 Å². The van der Waals surface area contributed by atoms with Gasteiger partial charge in [0.05, 0.1) is 0 Å². The topological polar surface area (TPSA) is 17.1 Å². The molecule has 1 aliphatic rings. The molecule has 0 aromatic heterocycles. The first-order valence-corrected chi connectivity index (χ1v) is 10.3. The SMILES string of the molecule is CC(C)[C@H]1CC[C@@H](C)[C@H]([C@@H](Sc2ccccc2)c2ccccc2)C1=O. The van der Waals surface area contributed by atoms with Crippen LogP contribution in [0.3, 0.4) is 0 Å². The molecule has 0 amide bonds. The molecule has 1 fully saturated rings. The zero-order chi connectivity index (χ0) is 17.8. The Bertz CT molecular complexity index is 680. The fraction of sp³-hybridized carbons (Fsp3) is 0.435. The van der Waals surface area contributed by atoms with E-state index in [1.165, 1.54) is 10.5 Å². The van der Waals surface area contributed by atoms with Gasteiger partial charge in [0.1, 0.15) is 5.78 Å². The van der Waals surface area contributed by atoms with Crippen LogP contribution in [0.4, 0.5) is 0 Å². The van der Waals surface area contributed by atoms with Gasteiger partial charge in [-0.25, -0.2) is 0 Å². The molecule has 25 heavy (non-hydrogen) atoms. The van der Waals surface area contributed by atoms with Crippen LogP contribution in [0.1, 0.15) is 44.4 Å². The molecule has 0 aliphatic heterocycles. The van der Waals surface area contributed by atoms with Gasteiger partial charge in [0.25, 0.3) is 0 Å². The van der Waals surface area contributed by atoms with Crippen molar-refractivity contribution in [2.75, 3.05) is 0 Å². The summed E-state index contributed by atoms with van der Waals surface area (Å²) in [4.78, 5) is 14.6. The molecule has 1 aliphatic carbocycles. The van der Waals surface area contributed by atoms with Crippen molar-refractivity contribution in [1.29, 1.82) is 0 Å². The van der Waals surface area contributed by atoms with E-state index < -0.39 is 0 Å². The van der Waals surface area contributed by atoms with Gasteiger partial charge in [0.2, 0.25) is 0 Å². The van der Waals surface area contributed by atoms with Crippen molar-refractivity contribution in [3.8, 4) is 0 Å². The van der Waals surface area contributed by atoms with Crippen LogP contribution in [0.2, 0.25) is 0 Å². The van der Waals surface area contributed by atoms with Gasteiger partial charge in [0, 0.05) is 22.0 Å². The smallest absolute Gasteiger partial charge is 0.141 e. The van der Waals surface area contributed by atoms with Crippen molar-refractivity contribution in [3.05, 3.63) is 66.2 Å². The highest BCUT2D eigenvalue weighted by molar-refractivity contribution is 7.99. The maximum atomic E-state index is 13.4. The maximum absolute atomic E-state index is 13.4. The number of ketones is 1. The molecule has 2 aromatic rings. The minimum Gasteiger partial charge on any atom is -0.299 e. The number of rotatable bonds is 5. The third-order valence-corrected chi connectivity index (χ3v) is 6.87. The van der Waals surface area contributed by atoms with Crippen LogP contribution in [0.5, 0.6) is 0 Å². The standard InChI is InChI=1S/C23H28OS/c1-16(2)20-15-14-17(3)21(22(20)24)23(18-10-6-4-7-11-18)25-19-12-8-5-9-13-19/h4-13,16-17,20-21,23H,14-15H2,1-3H3/t17-,20-,21+,23+/m1/s1. The van der Waals surface area contributed by atoms with Crippen LogP contribution in [0, 0.1) is 23.7 Å². The monoisotopic (exact) mass is 352 g/mol. The number of hydrogen-bond acceptors (Lipinski definition) is 2. The molecule has 2 aromatic carbocycles. The summed E-state index contributed by atoms with van der Waals surface area (Å²) in [6.45, 7) is 6.65. The predicted molar refractivity (Wildman–Crippen MR) is 107 cm³/mol. The Labute approximate surface area is 156 Å². The average Bonchev–Trinajstić information content (AvgIpc) is 2.62. The third-order valence-electron chi connectivity index (χ3n) is 5.51. The first-order chi connectivity index (χ1) is 12.1. The Morgan fingerprint density at radius 2 is 1.52 bits per heavy atom. The van der Waals surface area contributed by atoms with Crippen LogP contribution >= 0.6 is 11.8 Å². The van der Waals surface area contributed by atoms with E-state index in [2.05, 4.69) is 75.4 Å². The second kappa shape index (κ2) is 8.23. The van der Waals surface area contributed by atoms with Crippen LogP contribution in [0.25, 0.3) is 0 Å². The lowest BCUT2D eigenvalue weighted by molar-refractivity contribution is -0.132. The lowest BCUT2D eigenvalue weighted by Crippen LogP contribution is -2.39. The summed E-state index contributed by atoms with van der Waals surface area (Å²) in [5, 5.41) is 0.188. The molecule has 0 bridgehead atoms. The van der Waals surface area contributed by atoms with Crippen molar-refractivity contribution in [2.45, 2.75) is 43.8 Å². The molecule has 1 saturated carbocycles. The van der Waals surface area contributed by atoms with Crippen LogP contribution in [-0.4, -0.2) is 5.78 Å². The van der Waals surface area contributed by atoms with Crippen LogP contribution in [-0.2, 0) is 4.79 Å². The van der Waals surface area contributed by atoms with Gasteiger partial charge in [-0.05, 0) is 42.4 Å². The van der Waals surface area contributed by atoms with E-state index in [-0.39, 0.29) is 17.1 Å². The maximum Gasteiger partial charge on any atom is 0.141 e. The quantitative estimate of drug-likeness (QED) is 0.579. The zero-order valence-corrected chi connectivity index (χ0v) is 16.2. The molecule has 0 unspecified atom stereocenters. The summed E-state index contributed by atoms with van der Waals surface area (Å²) in [6, 6.07) is 21.1. The lowest BCUT2D eigenvalue weighted by Gasteiger charge is -2.39. The van der Waals surface area contributed by atoms with E-state index >= 15 is 0 Å². The van der Waals surface area contributed by atoms with Gasteiger partial charge < -0.3 is 0 Å². The zero-order valence-electron chi connectivity index (χ0n) is 15.4. The minimum absolute atomic E-state index is 0.0914. The lowest BCUT2D eigenvalue weighted by atomic mass is 9.68. The molecule has 132 valence electrons. The Kier molecular flexibility index (Phi) is 6.01. The average molecular weight is 353 g/mol. The van der Waals surface area contributed by atoms with E-state index in [1.807, 2.05) is 17.8 Å². The summed E-state index contributed by atoms with van der Waals surface area (Å²) in [5.74, 6) is 1.65. The molecular formula is C23H28OS. The second-order valence-electron chi connectivity index (χ2n) is 7.60. The van der Waals surface area contributed by atoms with Crippen molar-refractivity contribution < 1.29 is 4.79 Å². The molecule has 1 nitrogen and oxygen atoms in total. The number of carbonyl (C=O) groups excluding carboxylic acids is 1.